The summed E-state index contributed by atoms with van der Waals surface area (Å²) < 4.78 is 5.30. The fourth-order valence-corrected chi connectivity index (χ4v) is 4.83. The molecule has 4 unspecified atom stereocenters. The van der Waals surface area contributed by atoms with Crippen LogP contribution in [0.15, 0.2) is 24.3 Å². The number of amides is 3. The van der Waals surface area contributed by atoms with Gasteiger partial charge in [0.2, 0.25) is 11.8 Å². The summed E-state index contributed by atoms with van der Waals surface area (Å²) in [6.45, 7) is 8.55. The number of rotatable bonds is 8. The van der Waals surface area contributed by atoms with Gasteiger partial charge in [0.1, 0.15) is 17.7 Å². The molecule has 0 aliphatic heterocycles. The number of carbonyl (C=O) groups is 3. The highest BCUT2D eigenvalue weighted by Crippen LogP contribution is 2.41. The van der Waals surface area contributed by atoms with Crippen molar-refractivity contribution in [2.45, 2.75) is 103 Å². The third-order valence-electron chi connectivity index (χ3n) is 6.81. The van der Waals surface area contributed by atoms with Crippen molar-refractivity contribution in [2.75, 3.05) is 6.61 Å². The van der Waals surface area contributed by atoms with Gasteiger partial charge >= 0.3 is 6.09 Å². The van der Waals surface area contributed by atoms with E-state index in [1.165, 1.54) is 6.42 Å². The smallest absolute Gasteiger partial charge is 0.408 e. The van der Waals surface area contributed by atoms with Crippen molar-refractivity contribution < 1.29 is 24.2 Å². The third-order valence-corrected chi connectivity index (χ3v) is 6.81. The molecule has 3 rings (SSSR count). The van der Waals surface area contributed by atoms with E-state index in [1.807, 2.05) is 38.1 Å². The van der Waals surface area contributed by atoms with Crippen LogP contribution in [0.25, 0.3) is 0 Å². The van der Waals surface area contributed by atoms with Gasteiger partial charge in [0.15, 0.2) is 0 Å². The molecule has 0 bridgehead atoms. The molecule has 3 amide bonds. The van der Waals surface area contributed by atoms with Crippen LogP contribution in [-0.4, -0.2) is 58.2 Å². The summed E-state index contributed by atoms with van der Waals surface area (Å²) in [5, 5.41) is 15.8. The summed E-state index contributed by atoms with van der Waals surface area (Å²) in [5.74, 6) is -0.485. The van der Waals surface area contributed by atoms with Crippen LogP contribution in [0.2, 0.25) is 0 Å². The van der Waals surface area contributed by atoms with E-state index < -0.39 is 36.3 Å². The first kappa shape index (κ1) is 27.0. The van der Waals surface area contributed by atoms with E-state index in [-0.39, 0.29) is 23.9 Å². The number of aliphatic hydroxyl groups excluding tert-OH is 1. The third kappa shape index (κ3) is 7.19. The van der Waals surface area contributed by atoms with Gasteiger partial charge in [-0.25, -0.2) is 4.79 Å². The van der Waals surface area contributed by atoms with Crippen molar-refractivity contribution >= 4 is 17.9 Å². The molecule has 1 aromatic carbocycles. The van der Waals surface area contributed by atoms with Crippen molar-refractivity contribution in [1.29, 1.82) is 0 Å². The maximum atomic E-state index is 13.8. The van der Waals surface area contributed by atoms with Crippen molar-refractivity contribution in [3.8, 4) is 0 Å². The number of aliphatic hydroxyl groups is 1. The molecule has 8 heteroatoms. The number of alkyl carbamates (subject to hydrolysis) is 1. The van der Waals surface area contributed by atoms with E-state index in [0.29, 0.717) is 0 Å². The molecule has 2 fully saturated rings. The topological polar surface area (TPSA) is 108 Å². The number of aryl methyl sites for hydroxylation is 1. The standard InChI is InChI=1S/C27H41N3O5/c1-17-11-9-10-14-20(17)23(24(32)28-19-12-7-6-8-13-19)30(22-15-18(22)2)25(33)21(16-31)29-26(34)35-27(3,4)5/h9-11,14,18-19,21-23,31H,6-8,12-13,15-16H2,1-5H3,(H,28,32)(H,29,34). The molecule has 194 valence electrons. The summed E-state index contributed by atoms with van der Waals surface area (Å²) in [5.41, 5.74) is 0.909. The van der Waals surface area contributed by atoms with Gasteiger partial charge in [0.05, 0.1) is 6.61 Å². The van der Waals surface area contributed by atoms with Gasteiger partial charge in [0, 0.05) is 12.1 Å². The Hall–Kier alpha value is -2.61. The first-order chi connectivity index (χ1) is 16.5. The predicted molar refractivity (Wildman–Crippen MR) is 134 cm³/mol. The first-order valence-corrected chi connectivity index (χ1v) is 12.8. The van der Waals surface area contributed by atoms with Crippen LogP contribution in [0.4, 0.5) is 4.79 Å². The maximum Gasteiger partial charge on any atom is 0.408 e. The van der Waals surface area contributed by atoms with E-state index >= 15 is 0 Å². The van der Waals surface area contributed by atoms with Gasteiger partial charge in [-0.15, -0.1) is 0 Å². The van der Waals surface area contributed by atoms with Crippen LogP contribution in [-0.2, 0) is 14.3 Å². The minimum Gasteiger partial charge on any atom is -0.444 e. The van der Waals surface area contributed by atoms with Crippen molar-refractivity contribution in [3.05, 3.63) is 35.4 Å². The van der Waals surface area contributed by atoms with Gasteiger partial charge < -0.3 is 25.4 Å². The number of nitrogens with one attached hydrogen (secondary N) is 2. The van der Waals surface area contributed by atoms with Crippen LogP contribution in [0, 0.1) is 12.8 Å². The highest BCUT2D eigenvalue weighted by atomic mass is 16.6. The molecule has 2 aliphatic rings. The second-order valence-corrected chi connectivity index (χ2v) is 11.0. The average Bonchev–Trinajstić information content (AvgIpc) is 3.51. The molecule has 0 heterocycles. The van der Waals surface area contributed by atoms with Gasteiger partial charge in [-0.2, -0.15) is 0 Å². The lowest BCUT2D eigenvalue weighted by Crippen LogP contribution is -2.56. The normalized spacial score (nSPS) is 22.0. The Morgan fingerprint density at radius 2 is 1.77 bits per heavy atom. The molecule has 0 saturated heterocycles. The number of carbonyl (C=O) groups excluding carboxylic acids is 3. The van der Waals surface area contributed by atoms with E-state index in [2.05, 4.69) is 10.6 Å². The molecule has 0 spiro atoms. The summed E-state index contributed by atoms with van der Waals surface area (Å²) in [6, 6.07) is 5.44. The first-order valence-electron chi connectivity index (χ1n) is 12.8. The maximum absolute atomic E-state index is 13.8. The molecule has 2 aliphatic carbocycles. The molecule has 0 radical (unpaired) electrons. The van der Waals surface area contributed by atoms with E-state index in [9.17, 15) is 19.5 Å². The molecule has 8 nitrogen and oxygen atoms in total. The lowest BCUT2D eigenvalue weighted by atomic mass is 9.93. The zero-order chi connectivity index (χ0) is 25.8. The summed E-state index contributed by atoms with van der Waals surface area (Å²) in [6.07, 6.45) is 5.16. The molecule has 1 aromatic rings. The van der Waals surface area contributed by atoms with Crippen molar-refractivity contribution in [3.63, 3.8) is 0 Å². The minimum absolute atomic E-state index is 0.0878. The zero-order valence-electron chi connectivity index (χ0n) is 21.7. The summed E-state index contributed by atoms with van der Waals surface area (Å²) >= 11 is 0. The molecule has 3 N–H and O–H groups in total. The molecular weight excluding hydrogens is 446 g/mol. The van der Waals surface area contributed by atoms with E-state index in [0.717, 1.165) is 43.2 Å². The summed E-state index contributed by atoms with van der Waals surface area (Å²) in [4.78, 5) is 41.6. The van der Waals surface area contributed by atoms with Gasteiger partial charge in [-0.3, -0.25) is 9.59 Å². The summed E-state index contributed by atoms with van der Waals surface area (Å²) in [7, 11) is 0. The Morgan fingerprint density at radius 3 is 2.31 bits per heavy atom. The van der Waals surface area contributed by atoms with Gasteiger partial charge in [0.25, 0.3) is 0 Å². The average molecular weight is 488 g/mol. The Labute approximate surface area is 208 Å². The van der Waals surface area contributed by atoms with Crippen LogP contribution in [0.5, 0.6) is 0 Å². The Bertz CT molecular complexity index is 906. The van der Waals surface area contributed by atoms with Crippen LogP contribution < -0.4 is 10.6 Å². The predicted octanol–water partition coefficient (Wildman–Crippen LogP) is 3.61. The molecular formula is C27H41N3O5. The fourth-order valence-electron chi connectivity index (χ4n) is 4.83. The molecule has 35 heavy (non-hydrogen) atoms. The number of nitrogens with zero attached hydrogens (tertiary/aromatic N) is 1. The molecule has 0 aromatic heterocycles. The number of benzene rings is 1. The zero-order valence-corrected chi connectivity index (χ0v) is 21.7. The van der Waals surface area contributed by atoms with Gasteiger partial charge in [-0.1, -0.05) is 50.5 Å². The SMILES string of the molecule is Cc1ccccc1C(C(=O)NC1CCCCC1)N(C(=O)C(CO)NC(=O)OC(C)(C)C)C1CC1C. The monoisotopic (exact) mass is 487 g/mol. The van der Waals surface area contributed by atoms with E-state index in [4.69, 9.17) is 4.74 Å². The molecule has 4 atom stereocenters. The second kappa shape index (κ2) is 11.4. The molecule has 2 saturated carbocycles. The highest BCUT2D eigenvalue weighted by Gasteiger charge is 2.48. The number of hydrogen-bond acceptors (Lipinski definition) is 5. The van der Waals surface area contributed by atoms with Crippen molar-refractivity contribution in [2.24, 2.45) is 5.92 Å². The Morgan fingerprint density at radius 1 is 1.14 bits per heavy atom. The van der Waals surface area contributed by atoms with Crippen molar-refractivity contribution in [1.82, 2.24) is 15.5 Å². The second-order valence-electron chi connectivity index (χ2n) is 11.0. The van der Waals surface area contributed by atoms with Crippen LogP contribution in [0.3, 0.4) is 0 Å². The van der Waals surface area contributed by atoms with E-state index in [1.54, 1.807) is 25.7 Å². The van der Waals surface area contributed by atoms with Crippen LogP contribution in [0.1, 0.15) is 83.4 Å². The lowest BCUT2D eigenvalue weighted by molar-refractivity contribution is -0.144. The lowest BCUT2D eigenvalue weighted by Gasteiger charge is -2.36. The fraction of sp³-hybridized carbons (Fsp3) is 0.667. The Kier molecular flexibility index (Phi) is 8.80. The quantitative estimate of drug-likeness (QED) is 0.519. The Balaban J connectivity index is 1.92. The largest absolute Gasteiger partial charge is 0.444 e. The van der Waals surface area contributed by atoms with Gasteiger partial charge in [-0.05, 0) is 64.0 Å². The number of hydrogen-bond donors (Lipinski definition) is 3. The highest BCUT2D eigenvalue weighted by molar-refractivity contribution is 5.93. The minimum atomic E-state index is -1.22. The van der Waals surface area contributed by atoms with Crippen LogP contribution >= 0.6 is 0 Å². The number of ether oxygens (including phenoxy) is 1.